The number of hydrogen-bond acceptors (Lipinski definition) is 6. The van der Waals surface area contributed by atoms with Gasteiger partial charge in [-0.1, -0.05) is 13.0 Å². The number of alkyl halides is 2. The van der Waals surface area contributed by atoms with Crippen molar-refractivity contribution in [2.24, 2.45) is 28.4 Å². The van der Waals surface area contributed by atoms with Gasteiger partial charge in [-0.05, 0) is 43.9 Å². The molecule has 6 nitrogen and oxygen atoms in total. The van der Waals surface area contributed by atoms with Crippen molar-refractivity contribution in [2.75, 3.05) is 6.61 Å². The SMILES string of the molecule is C[C@]12C=CC(=O)C=C1[C@@H](F)CC1[C@]3(N)C[C@@H](O)C(C(=O)CO)[C@@]3(C)C[C@H](O)[C@@]12F. The third-order valence-corrected chi connectivity index (χ3v) is 8.47. The highest BCUT2D eigenvalue weighted by atomic mass is 19.1. The average molecular weight is 411 g/mol. The van der Waals surface area contributed by atoms with E-state index < -0.39 is 70.4 Å². The molecule has 0 bridgehead atoms. The lowest BCUT2D eigenvalue weighted by molar-refractivity contribution is -0.209. The molecule has 3 saturated carbocycles. The fourth-order valence-electron chi connectivity index (χ4n) is 6.98. The molecule has 9 atom stereocenters. The highest BCUT2D eigenvalue weighted by Crippen LogP contribution is 2.69. The zero-order valence-corrected chi connectivity index (χ0v) is 16.4. The fourth-order valence-corrected chi connectivity index (χ4v) is 6.98. The lowest BCUT2D eigenvalue weighted by Gasteiger charge is -2.65. The molecule has 3 fully saturated rings. The van der Waals surface area contributed by atoms with E-state index in [0.717, 1.165) is 6.08 Å². The summed E-state index contributed by atoms with van der Waals surface area (Å²) in [5, 5.41) is 31.0. The van der Waals surface area contributed by atoms with Gasteiger partial charge in [0.05, 0.1) is 18.1 Å². The number of Topliss-reactive ketones (excluding diaryl/α,β-unsaturated/α-hetero) is 1. The molecule has 0 amide bonds. The first-order valence-electron chi connectivity index (χ1n) is 9.93. The van der Waals surface area contributed by atoms with Crippen molar-refractivity contribution < 1.29 is 33.7 Å². The second-order valence-corrected chi connectivity index (χ2v) is 9.61. The van der Waals surface area contributed by atoms with Gasteiger partial charge in [0.15, 0.2) is 17.2 Å². The van der Waals surface area contributed by atoms with E-state index in [1.54, 1.807) is 6.92 Å². The highest BCUT2D eigenvalue weighted by Gasteiger charge is 2.77. The number of nitrogens with two attached hydrogens (primary N) is 1. The van der Waals surface area contributed by atoms with Crippen LogP contribution in [0.25, 0.3) is 0 Å². The molecule has 5 N–H and O–H groups in total. The van der Waals surface area contributed by atoms with Crippen LogP contribution in [0.1, 0.15) is 33.1 Å². The van der Waals surface area contributed by atoms with Crippen LogP contribution >= 0.6 is 0 Å². The van der Waals surface area contributed by atoms with Gasteiger partial charge in [0.25, 0.3) is 0 Å². The number of aliphatic hydroxyl groups excluding tert-OH is 3. The van der Waals surface area contributed by atoms with Crippen LogP contribution in [-0.4, -0.2) is 63.1 Å². The number of rotatable bonds is 2. The van der Waals surface area contributed by atoms with Crippen molar-refractivity contribution >= 4 is 11.6 Å². The zero-order valence-electron chi connectivity index (χ0n) is 16.4. The summed E-state index contributed by atoms with van der Waals surface area (Å²) in [6, 6.07) is 0. The van der Waals surface area contributed by atoms with Crippen LogP contribution in [0.4, 0.5) is 8.78 Å². The Labute approximate surface area is 167 Å². The Morgan fingerprint density at radius 1 is 1.31 bits per heavy atom. The van der Waals surface area contributed by atoms with E-state index in [2.05, 4.69) is 0 Å². The normalized spacial score (nSPS) is 53.7. The van der Waals surface area contributed by atoms with Crippen molar-refractivity contribution in [3.63, 3.8) is 0 Å². The van der Waals surface area contributed by atoms with Gasteiger partial charge >= 0.3 is 0 Å². The Bertz CT molecular complexity index is 845. The Hall–Kier alpha value is -1.48. The average Bonchev–Trinajstić information content (AvgIpc) is 2.84. The van der Waals surface area contributed by atoms with Crippen LogP contribution in [0.3, 0.4) is 0 Å². The van der Waals surface area contributed by atoms with Gasteiger partial charge in [0, 0.05) is 22.3 Å². The van der Waals surface area contributed by atoms with E-state index in [9.17, 15) is 24.9 Å². The number of fused-ring (bicyclic) bond motifs is 5. The topological polar surface area (TPSA) is 121 Å². The van der Waals surface area contributed by atoms with Gasteiger partial charge in [0.1, 0.15) is 12.8 Å². The molecule has 0 aromatic carbocycles. The van der Waals surface area contributed by atoms with Gasteiger partial charge in [-0.15, -0.1) is 0 Å². The molecule has 4 aliphatic rings. The maximum atomic E-state index is 16.9. The summed E-state index contributed by atoms with van der Waals surface area (Å²) in [4.78, 5) is 24.2. The number of ketones is 2. The molecular weight excluding hydrogens is 384 g/mol. The molecule has 160 valence electrons. The van der Waals surface area contributed by atoms with Crippen molar-refractivity contribution in [2.45, 2.75) is 62.7 Å². The van der Waals surface area contributed by atoms with E-state index in [0.29, 0.717) is 0 Å². The standard InChI is InChI=1S/C21H27F2NO5/c1-18-4-3-10(26)5-11(18)12(22)6-15-20(24)7-13(27)17(14(28)9-25)19(20,2)8-16(29)21(15,18)23/h3-5,12-13,15-17,25,27,29H,6-9,24H2,1-2H3/t12-,13+,15?,16-,17?,18-,19+,20+,21-/m0/s1. The number of halogens is 2. The van der Waals surface area contributed by atoms with E-state index in [-0.39, 0.29) is 24.8 Å². The summed E-state index contributed by atoms with van der Waals surface area (Å²) in [6.07, 6.45) is -1.66. The minimum absolute atomic E-state index is 0.0171. The van der Waals surface area contributed by atoms with Gasteiger partial charge in [-0.3, -0.25) is 9.59 Å². The molecule has 4 rings (SSSR count). The Balaban J connectivity index is 1.90. The molecule has 0 aromatic rings. The van der Waals surface area contributed by atoms with Gasteiger partial charge in [0.2, 0.25) is 0 Å². The first-order chi connectivity index (χ1) is 13.4. The summed E-state index contributed by atoms with van der Waals surface area (Å²) < 4.78 is 32.2. The minimum Gasteiger partial charge on any atom is -0.392 e. The number of carbonyl (C=O) groups excluding carboxylic acids is 2. The molecule has 0 aliphatic heterocycles. The van der Waals surface area contributed by atoms with Gasteiger partial charge in [-0.25, -0.2) is 8.78 Å². The van der Waals surface area contributed by atoms with Crippen molar-refractivity contribution in [1.29, 1.82) is 0 Å². The molecule has 29 heavy (non-hydrogen) atoms. The van der Waals surface area contributed by atoms with Gasteiger partial charge < -0.3 is 21.1 Å². The second-order valence-electron chi connectivity index (χ2n) is 9.61. The molecule has 0 heterocycles. The number of hydrogen-bond donors (Lipinski definition) is 4. The molecule has 0 saturated heterocycles. The number of allylic oxidation sites excluding steroid dienone is 4. The van der Waals surface area contributed by atoms with E-state index in [1.807, 2.05) is 0 Å². The summed E-state index contributed by atoms with van der Waals surface area (Å²) >= 11 is 0. The predicted octanol–water partition coefficient (Wildman–Crippen LogP) is 0.535. The quantitative estimate of drug-likeness (QED) is 0.526. The summed E-state index contributed by atoms with van der Waals surface area (Å²) in [6.45, 7) is 2.25. The lowest BCUT2D eigenvalue weighted by Crippen LogP contribution is -2.76. The van der Waals surface area contributed by atoms with Crippen LogP contribution in [0.5, 0.6) is 0 Å². The van der Waals surface area contributed by atoms with Crippen molar-refractivity contribution in [3.05, 3.63) is 23.8 Å². The number of aliphatic hydroxyl groups is 3. The van der Waals surface area contributed by atoms with Crippen molar-refractivity contribution in [3.8, 4) is 0 Å². The third-order valence-electron chi connectivity index (χ3n) is 8.47. The third kappa shape index (κ3) is 2.23. The summed E-state index contributed by atoms with van der Waals surface area (Å²) in [5.41, 5.74) is 0.0300. The molecule has 8 heteroatoms. The largest absolute Gasteiger partial charge is 0.392 e. The molecule has 0 radical (unpaired) electrons. The van der Waals surface area contributed by atoms with Crippen LogP contribution in [0.2, 0.25) is 0 Å². The lowest BCUT2D eigenvalue weighted by atomic mass is 9.42. The van der Waals surface area contributed by atoms with Crippen LogP contribution in [0, 0.1) is 22.7 Å². The second kappa shape index (κ2) is 6.03. The molecule has 2 unspecified atom stereocenters. The minimum atomic E-state index is -2.39. The summed E-state index contributed by atoms with van der Waals surface area (Å²) in [5.74, 6) is -3.36. The monoisotopic (exact) mass is 411 g/mol. The Kier molecular flexibility index (Phi) is 4.32. The smallest absolute Gasteiger partial charge is 0.178 e. The van der Waals surface area contributed by atoms with Crippen LogP contribution in [-0.2, 0) is 9.59 Å². The maximum absolute atomic E-state index is 16.9. The predicted molar refractivity (Wildman–Crippen MR) is 99.0 cm³/mol. The zero-order chi connectivity index (χ0) is 21.6. The van der Waals surface area contributed by atoms with E-state index in [4.69, 9.17) is 5.73 Å². The molecule has 0 aromatic heterocycles. The van der Waals surface area contributed by atoms with Gasteiger partial charge in [-0.2, -0.15) is 0 Å². The Morgan fingerprint density at radius 2 is 1.97 bits per heavy atom. The van der Waals surface area contributed by atoms with Crippen LogP contribution in [0.15, 0.2) is 23.8 Å². The summed E-state index contributed by atoms with van der Waals surface area (Å²) in [7, 11) is 0. The Morgan fingerprint density at radius 3 is 2.59 bits per heavy atom. The number of carbonyl (C=O) groups is 2. The molecule has 4 aliphatic carbocycles. The molecule has 0 spiro atoms. The van der Waals surface area contributed by atoms with E-state index in [1.165, 1.54) is 19.1 Å². The van der Waals surface area contributed by atoms with Crippen LogP contribution < -0.4 is 5.73 Å². The van der Waals surface area contributed by atoms with Crippen molar-refractivity contribution in [1.82, 2.24) is 0 Å². The van der Waals surface area contributed by atoms with E-state index >= 15 is 8.78 Å². The molecular formula is C21H27F2NO5. The first kappa shape index (κ1) is 20.8. The fraction of sp³-hybridized carbons (Fsp3) is 0.714. The maximum Gasteiger partial charge on any atom is 0.178 e. The first-order valence-corrected chi connectivity index (χ1v) is 9.93. The highest BCUT2D eigenvalue weighted by molar-refractivity contribution is 6.01.